The molecule has 1 saturated carbocycles. The average Bonchev–Trinajstić information content (AvgIpc) is 3.51. The van der Waals surface area contributed by atoms with Gasteiger partial charge < -0.3 is 10.4 Å². The Kier molecular flexibility index (Phi) is 5.38. The smallest absolute Gasteiger partial charge is 0.370 e. The van der Waals surface area contributed by atoms with Crippen molar-refractivity contribution in [2.24, 2.45) is 0 Å². The van der Waals surface area contributed by atoms with Crippen LogP contribution < -0.4 is 5.32 Å². The maximum Gasteiger partial charge on any atom is 0.457 e. The molecule has 2 aromatic rings. The van der Waals surface area contributed by atoms with E-state index < -0.39 is 41.5 Å². The molecule has 9 heteroatoms. The predicted octanol–water partition coefficient (Wildman–Crippen LogP) is 4.40. The van der Waals surface area contributed by atoms with Crippen LogP contribution in [0, 0.1) is 5.82 Å². The number of halogens is 6. The molecule has 1 unspecified atom stereocenters. The van der Waals surface area contributed by atoms with Gasteiger partial charge in [-0.25, -0.2) is 4.39 Å². The maximum absolute atomic E-state index is 14.2. The Hall–Kier alpha value is -2.55. The molecule has 1 aliphatic rings. The van der Waals surface area contributed by atoms with Gasteiger partial charge in [0.25, 0.3) is 5.91 Å². The fourth-order valence-corrected chi connectivity index (χ4v) is 3.04. The molecule has 0 bridgehead atoms. The van der Waals surface area contributed by atoms with Gasteiger partial charge in [0.1, 0.15) is 5.82 Å². The van der Waals surface area contributed by atoms with E-state index in [4.69, 9.17) is 0 Å². The van der Waals surface area contributed by atoms with Crippen LogP contribution in [0.25, 0.3) is 0 Å². The molecular formula is C20H17F6NO2. The number of amides is 1. The summed E-state index contributed by atoms with van der Waals surface area (Å²) in [6.07, 6.45) is -4.39. The summed E-state index contributed by atoms with van der Waals surface area (Å²) in [6, 6.07) is 9.24. The molecule has 156 valence electrons. The largest absolute Gasteiger partial charge is 0.457 e. The molecule has 0 radical (unpaired) electrons. The van der Waals surface area contributed by atoms with E-state index in [1.165, 1.54) is 12.1 Å². The zero-order valence-corrected chi connectivity index (χ0v) is 14.9. The van der Waals surface area contributed by atoms with Crippen LogP contribution in [0.3, 0.4) is 0 Å². The number of carbonyl (C=O) groups is 1. The fraction of sp³-hybridized carbons (Fsp3) is 0.350. The van der Waals surface area contributed by atoms with Gasteiger partial charge in [-0.05, 0) is 36.0 Å². The summed E-state index contributed by atoms with van der Waals surface area (Å²) in [4.78, 5) is 12.4. The number of nitrogens with one attached hydrogen (secondary N) is 1. The number of carbonyl (C=O) groups excluding carboxylic acids is 1. The van der Waals surface area contributed by atoms with Crippen molar-refractivity contribution in [3.63, 3.8) is 0 Å². The fourth-order valence-electron chi connectivity index (χ4n) is 3.04. The van der Waals surface area contributed by atoms with Gasteiger partial charge in [0.15, 0.2) is 0 Å². The molecule has 0 aromatic heterocycles. The van der Waals surface area contributed by atoms with Crippen LogP contribution in [0.5, 0.6) is 0 Å². The third-order valence-corrected chi connectivity index (χ3v) is 4.89. The van der Waals surface area contributed by atoms with Crippen molar-refractivity contribution < 1.29 is 36.2 Å². The molecule has 0 aliphatic heterocycles. The van der Waals surface area contributed by atoms with Crippen molar-refractivity contribution in [3.05, 3.63) is 71.0 Å². The molecule has 1 fully saturated rings. The number of alkyl halides is 5. The maximum atomic E-state index is 14.2. The minimum Gasteiger partial charge on any atom is -0.370 e. The molecular weight excluding hydrogens is 400 g/mol. The van der Waals surface area contributed by atoms with E-state index in [-0.39, 0.29) is 11.5 Å². The van der Waals surface area contributed by atoms with Crippen molar-refractivity contribution >= 4 is 5.91 Å². The number of aliphatic hydroxyl groups is 1. The highest BCUT2D eigenvalue weighted by Gasteiger charge is 2.73. The summed E-state index contributed by atoms with van der Waals surface area (Å²) in [5, 5.41) is 12.2. The molecule has 2 aromatic carbocycles. The van der Waals surface area contributed by atoms with Gasteiger partial charge in [0.05, 0.1) is 0 Å². The topological polar surface area (TPSA) is 49.3 Å². The van der Waals surface area contributed by atoms with E-state index in [1.54, 1.807) is 6.07 Å². The molecule has 0 saturated heterocycles. The van der Waals surface area contributed by atoms with Gasteiger partial charge in [0.2, 0.25) is 5.60 Å². The summed E-state index contributed by atoms with van der Waals surface area (Å²) < 4.78 is 81.4. The normalized spacial score (nSPS) is 16.9. The SMILES string of the molecule is O=C(NCc1cc(C2CC2)ccc1F)C(O)(c1ccccc1)C(F)(F)C(F)(F)F. The van der Waals surface area contributed by atoms with E-state index in [0.29, 0.717) is 0 Å². The van der Waals surface area contributed by atoms with E-state index in [2.05, 4.69) is 0 Å². The number of hydrogen-bond donors (Lipinski definition) is 2. The first-order valence-corrected chi connectivity index (χ1v) is 8.77. The molecule has 29 heavy (non-hydrogen) atoms. The molecule has 2 N–H and O–H groups in total. The zero-order valence-electron chi connectivity index (χ0n) is 14.9. The lowest BCUT2D eigenvalue weighted by Crippen LogP contribution is -2.62. The van der Waals surface area contributed by atoms with Crippen molar-refractivity contribution in [3.8, 4) is 0 Å². The van der Waals surface area contributed by atoms with Crippen molar-refractivity contribution in [2.75, 3.05) is 0 Å². The Labute approximate surface area is 162 Å². The summed E-state index contributed by atoms with van der Waals surface area (Å²) in [6.45, 7) is -0.658. The Bertz CT molecular complexity index is 896. The van der Waals surface area contributed by atoms with Crippen LogP contribution in [0.4, 0.5) is 26.3 Å². The highest BCUT2D eigenvalue weighted by molar-refractivity contribution is 5.87. The van der Waals surface area contributed by atoms with E-state index in [0.717, 1.165) is 48.7 Å². The van der Waals surface area contributed by atoms with E-state index in [1.807, 2.05) is 5.32 Å². The van der Waals surface area contributed by atoms with Gasteiger partial charge in [-0.1, -0.05) is 42.5 Å². The summed E-state index contributed by atoms with van der Waals surface area (Å²) >= 11 is 0. The third kappa shape index (κ3) is 3.83. The molecule has 1 aliphatic carbocycles. The van der Waals surface area contributed by atoms with Gasteiger partial charge in [0, 0.05) is 12.1 Å². The second kappa shape index (κ2) is 7.37. The lowest BCUT2D eigenvalue weighted by atomic mass is 9.85. The van der Waals surface area contributed by atoms with Crippen molar-refractivity contribution in [1.82, 2.24) is 5.32 Å². The van der Waals surface area contributed by atoms with E-state index >= 15 is 0 Å². The van der Waals surface area contributed by atoms with Crippen LogP contribution in [0.15, 0.2) is 48.5 Å². The Morgan fingerprint density at radius 3 is 2.21 bits per heavy atom. The van der Waals surface area contributed by atoms with E-state index in [9.17, 15) is 36.2 Å². The van der Waals surface area contributed by atoms with Gasteiger partial charge in [-0.2, -0.15) is 22.0 Å². The second-order valence-corrected chi connectivity index (χ2v) is 6.96. The van der Waals surface area contributed by atoms with Crippen LogP contribution in [-0.4, -0.2) is 23.1 Å². The number of benzene rings is 2. The Morgan fingerprint density at radius 1 is 1.03 bits per heavy atom. The van der Waals surface area contributed by atoms with Gasteiger partial charge in [-0.3, -0.25) is 4.79 Å². The Balaban J connectivity index is 1.91. The molecule has 0 spiro atoms. The van der Waals surface area contributed by atoms with Crippen molar-refractivity contribution in [2.45, 2.75) is 43.0 Å². The average molecular weight is 417 g/mol. The van der Waals surface area contributed by atoms with Crippen LogP contribution >= 0.6 is 0 Å². The minimum absolute atomic E-state index is 0.0755. The molecule has 1 atom stereocenters. The second-order valence-electron chi connectivity index (χ2n) is 6.96. The standard InChI is InChI=1S/C20H17F6NO2/c21-16-9-8-13(12-6-7-12)10-14(16)11-27-17(28)18(29,15-4-2-1-3-5-15)19(22,23)20(24,25)26/h1-5,8-10,12,29H,6-7,11H2,(H,27,28). The predicted molar refractivity (Wildman–Crippen MR) is 91.6 cm³/mol. The first-order valence-electron chi connectivity index (χ1n) is 8.77. The third-order valence-electron chi connectivity index (χ3n) is 4.89. The van der Waals surface area contributed by atoms with Crippen LogP contribution in [0.1, 0.15) is 35.4 Å². The first kappa shape index (κ1) is 21.2. The highest BCUT2D eigenvalue weighted by Crippen LogP contribution is 2.48. The monoisotopic (exact) mass is 417 g/mol. The van der Waals surface area contributed by atoms with Crippen LogP contribution in [-0.2, 0) is 16.9 Å². The van der Waals surface area contributed by atoms with Crippen molar-refractivity contribution in [1.29, 1.82) is 0 Å². The molecule has 1 amide bonds. The molecule has 3 nitrogen and oxygen atoms in total. The number of rotatable bonds is 6. The van der Waals surface area contributed by atoms with Crippen LogP contribution in [0.2, 0.25) is 0 Å². The molecule has 0 heterocycles. The lowest BCUT2D eigenvalue weighted by Gasteiger charge is -2.35. The summed E-state index contributed by atoms with van der Waals surface area (Å²) in [7, 11) is 0. The quantitative estimate of drug-likeness (QED) is 0.685. The number of hydrogen-bond acceptors (Lipinski definition) is 2. The minimum atomic E-state index is -6.20. The van der Waals surface area contributed by atoms with Gasteiger partial charge in [-0.15, -0.1) is 0 Å². The zero-order chi connectivity index (χ0) is 21.4. The molecule has 3 rings (SSSR count). The van der Waals surface area contributed by atoms with Gasteiger partial charge >= 0.3 is 12.1 Å². The summed E-state index contributed by atoms with van der Waals surface area (Å²) in [5.74, 6) is -8.29. The summed E-state index contributed by atoms with van der Waals surface area (Å²) in [5.41, 5.74) is -4.45. The lowest BCUT2D eigenvalue weighted by molar-refractivity contribution is -0.337. The first-order chi connectivity index (χ1) is 13.5. The Morgan fingerprint density at radius 2 is 1.66 bits per heavy atom. The highest BCUT2D eigenvalue weighted by atomic mass is 19.4.